The van der Waals surface area contributed by atoms with Crippen LogP contribution in [0.25, 0.3) is 0 Å². The second-order valence-corrected chi connectivity index (χ2v) is 4.62. The number of ketones is 1. The fraction of sp³-hybridized carbons (Fsp3) is 0.385. The highest BCUT2D eigenvalue weighted by Crippen LogP contribution is 2.19. The lowest BCUT2D eigenvalue weighted by atomic mass is 9.86. The van der Waals surface area contributed by atoms with Gasteiger partial charge >= 0.3 is 0 Å². The summed E-state index contributed by atoms with van der Waals surface area (Å²) in [5.74, 6) is 0.158. The third kappa shape index (κ3) is 2.92. The maximum Gasteiger partial charge on any atom is 0.142 e. The third-order valence-electron chi connectivity index (χ3n) is 2.33. The minimum Gasteiger partial charge on any atom is -0.299 e. The molecule has 0 radical (unpaired) electrons. The van der Waals surface area contributed by atoms with Crippen LogP contribution in [0.5, 0.6) is 0 Å². The number of hydrogen-bond acceptors (Lipinski definition) is 2. The van der Waals surface area contributed by atoms with E-state index in [4.69, 9.17) is 5.26 Å². The smallest absolute Gasteiger partial charge is 0.142 e. The van der Waals surface area contributed by atoms with Crippen molar-refractivity contribution in [2.24, 2.45) is 5.41 Å². The summed E-state index contributed by atoms with van der Waals surface area (Å²) in [7, 11) is 0. The highest BCUT2D eigenvalue weighted by molar-refractivity contribution is 5.86. The molecule has 2 nitrogen and oxygen atoms in total. The zero-order valence-corrected chi connectivity index (χ0v) is 9.37. The standard InChI is InChI=1S/C13H15NO/c1-13(2,3)12(15)8-10-6-4-5-7-11(10)9-14/h4-7H,8H2,1-3H3. The third-order valence-corrected chi connectivity index (χ3v) is 2.33. The zero-order valence-electron chi connectivity index (χ0n) is 9.37. The topological polar surface area (TPSA) is 40.9 Å². The van der Waals surface area contributed by atoms with Crippen molar-refractivity contribution >= 4 is 5.78 Å². The lowest BCUT2D eigenvalue weighted by Gasteiger charge is -2.16. The van der Waals surface area contributed by atoms with Crippen LogP contribution in [0.4, 0.5) is 0 Å². The van der Waals surface area contributed by atoms with Gasteiger partial charge < -0.3 is 0 Å². The summed E-state index contributed by atoms with van der Waals surface area (Å²) < 4.78 is 0. The van der Waals surface area contributed by atoms with Crippen LogP contribution >= 0.6 is 0 Å². The number of carbonyl (C=O) groups is 1. The Morgan fingerprint density at radius 2 is 1.93 bits per heavy atom. The first-order chi connectivity index (χ1) is 6.95. The van der Waals surface area contributed by atoms with E-state index in [0.29, 0.717) is 12.0 Å². The van der Waals surface area contributed by atoms with Gasteiger partial charge in [0.1, 0.15) is 5.78 Å². The maximum absolute atomic E-state index is 11.8. The van der Waals surface area contributed by atoms with Crippen LogP contribution in [0.1, 0.15) is 31.9 Å². The lowest BCUT2D eigenvalue weighted by molar-refractivity contribution is -0.125. The number of hydrogen-bond donors (Lipinski definition) is 0. The second kappa shape index (κ2) is 4.27. The Kier molecular flexibility index (Phi) is 3.26. The van der Waals surface area contributed by atoms with Crippen molar-refractivity contribution in [3.63, 3.8) is 0 Å². The van der Waals surface area contributed by atoms with E-state index in [1.54, 1.807) is 6.07 Å². The van der Waals surface area contributed by atoms with Gasteiger partial charge in [-0.25, -0.2) is 0 Å². The Hall–Kier alpha value is -1.62. The van der Waals surface area contributed by atoms with Crippen LogP contribution in [-0.4, -0.2) is 5.78 Å². The van der Waals surface area contributed by atoms with Crippen LogP contribution in [0.15, 0.2) is 24.3 Å². The molecule has 0 unspecified atom stereocenters. The van der Waals surface area contributed by atoms with Crippen molar-refractivity contribution in [2.75, 3.05) is 0 Å². The first kappa shape index (κ1) is 11.5. The van der Waals surface area contributed by atoms with E-state index in [9.17, 15) is 4.79 Å². The Labute approximate surface area is 90.5 Å². The van der Waals surface area contributed by atoms with Crippen LogP contribution in [-0.2, 0) is 11.2 Å². The Morgan fingerprint density at radius 3 is 2.47 bits per heavy atom. The maximum atomic E-state index is 11.8. The van der Waals surface area contributed by atoms with Gasteiger partial charge in [-0.15, -0.1) is 0 Å². The molecule has 1 aromatic rings. The summed E-state index contributed by atoms with van der Waals surface area (Å²) in [4.78, 5) is 11.8. The molecule has 0 spiro atoms. The van der Waals surface area contributed by atoms with Gasteiger partial charge in [0.15, 0.2) is 0 Å². The molecule has 0 saturated carbocycles. The molecule has 0 saturated heterocycles. The minimum atomic E-state index is -0.345. The van der Waals surface area contributed by atoms with Crippen molar-refractivity contribution in [3.8, 4) is 6.07 Å². The van der Waals surface area contributed by atoms with Crippen LogP contribution in [0, 0.1) is 16.7 Å². The van der Waals surface area contributed by atoms with E-state index in [1.165, 1.54) is 0 Å². The summed E-state index contributed by atoms with van der Waals surface area (Å²) in [6.07, 6.45) is 0.341. The first-order valence-electron chi connectivity index (χ1n) is 4.96. The predicted octanol–water partition coefficient (Wildman–Crippen LogP) is 2.72. The van der Waals surface area contributed by atoms with Crippen molar-refractivity contribution in [2.45, 2.75) is 27.2 Å². The molecule has 0 aromatic heterocycles. The molecule has 0 aliphatic carbocycles. The summed E-state index contributed by atoms with van der Waals surface area (Å²) in [6, 6.07) is 9.34. The van der Waals surface area contributed by atoms with Gasteiger partial charge in [0.05, 0.1) is 11.6 Å². The van der Waals surface area contributed by atoms with E-state index in [0.717, 1.165) is 5.56 Å². The Bertz CT molecular complexity index is 407. The Morgan fingerprint density at radius 1 is 1.33 bits per heavy atom. The van der Waals surface area contributed by atoms with E-state index in [1.807, 2.05) is 39.0 Å². The van der Waals surface area contributed by atoms with E-state index in [2.05, 4.69) is 6.07 Å². The van der Waals surface area contributed by atoms with Crippen molar-refractivity contribution < 1.29 is 4.79 Å². The fourth-order valence-corrected chi connectivity index (χ4v) is 1.22. The Balaban J connectivity index is 2.92. The fourth-order valence-electron chi connectivity index (χ4n) is 1.22. The number of carbonyl (C=O) groups excluding carboxylic acids is 1. The van der Waals surface area contributed by atoms with E-state index < -0.39 is 0 Å². The molecule has 15 heavy (non-hydrogen) atoms. The summed E-state index contributed by atoms with van der Waals surface area (Å²) in [6.45, 7) is 5.68. The average molecular weight is 201 g/mol. The summed E-state index contributed by atoms with van der Waals surface area (Å²) in [5.41, 5.74) is 1.07. The van der Waals surface area contributed by atoms with Gasteiger partial charge in [0.25, 0.3) is 0 Å². The van der Waals surface area contributed by atoms with Gasteiger partial charge in [-0.1, -0.05) is 39.0 Å². The zero-order chi connectivity index (χ0) is 11.5. The molecule has 0 N–H and O–H groups in total. The molecule has 0 amide bonds. The van der Waals surface area contributed by atoms with E-state index in [-0.39, 0.29) is 11.2 Å². The van der Waals surface area contributed by atoms with Gasteiger partial charge in [0.2, 0.25) is 0 Å². The average Bonchev–Trinajstić information content (AvgIpc) is 2.17. The monoisotopic (exact) mass is 201 g/mol. The molecule has 0 fully saturated rings. The molecule has 0 bridgehead atoms. The van der Waals surface area contributed by atoms with Crippen molar-refractivity contribution in [1.82, 2.24) is 0 Å². The quantitative estimate of drug-likeness (QED) is 0.738. The highest BCUT2D eigenvalue weighted by Gasteiger charge is 2.21. The molecule has 2 heteroatoms. The number of rotatable bonds is 2. The minimum absolute atomic E-state index is 0.158. The molecule has 1 rings (SSSR count). The largest absolute Gasteiger partial charge is 0.299 e. The highest BCUT2D eigenvalue weighted by atomic mass is 16.1. The number of Topliss-reactive ketones (excluding diaryl/α,β-unsaturated/α-hetero) is 1. The van der Waals surface area contributed by atoms with Crippen LogP contribution in [0.3, 0.4) is 0 Å². The van der Waals surface area contributed by atoms with Gasteiger partial charge in [-0.05, 0) is 11.6 Å². The second-order valence-electron chi connectivity index (χ2n) is 4.62. The molecule has 1 aromatic carbocycles. The summed E-state index contributed by atoms with van der Waals surface area (Å²) in [5, 5.41) is 8.87. The van der Waals surface area contributed by atoms with Crippen molar-refractivity contribution in [3.05, 3.63) is 35.4 Å². The van der Waals surface area contributed by atoms with Gasteiger partial charge in [-0.3, -0.25) is 4.79 Å². The SMILES string of the molecule is CC(C)(C)C(=O)Cc1ccccc1C#N. The van der Waals surface area contributed by atoms with Gasteiger partial charge in [0, 0.05) is 11.8 Å². The number of benzene rings is 1. The van der Waals surface area contributed by atoms with Crippen LogP contribution < -0.4 is 0 Å². The molecule has 0 heterocycles. The van der Waals surface area contributed by atoms with Crippen LogP contribution in [0.2, 0.25) is 0 Å². The summed E-state index contributed by atoms with van der Waals surface area (Å²) >= 11 is 0. The normalized spacial score (nSPS) is 10.8. The molecule has 78 valence electrons. The lowest BCUT2D eigenvalue weighted by Crippen LogP contribution is -2.22. The van der Waals surface area contributed by atoms with Gasteiger partial charge in [-0.2, -0.15) is 5.26 Å². The molecular weight excluding hydrogens is 186 g/mol. The van der Waals surface area contributed by atoms with E-state index >= 15 is 0 Å². The predicted molar refractivity (Wildman–Crippen MR) is 59.3 cm³/mol. The van der Waals surface area contributed by atoms with Crippen molar-refractivity contribution in [1.29, 1.82) is 5.26 Å². The molecule has 0 aliphatic heterocycles. The number of nitriles is 1. The molecular formula is C13H15NO. The molecule has 0 atom stereocenters. The first-order valence-corrected chi connectivity index (χ1v) is 4.96. The molecule has 0 aliphatic rings. The number of nitrogens with zero attached hydrogens (tertiary/aromatic N) is 1.